The first-order valence-electron chi connectivity index (χ1n) is 36.0. The van der Waals surface area contributed by atoms with Gasteiger partial charge < -0.3 is 0 Å². The lowest BCUT2D eigenvalue weighted by molar-refractivity contribution is 0.142. The van der Waals surface area contributed by atoms with Crippen LogP contribution in [-0.2, 0) is 12.8 Å². The predicted octanol–water partition coefficient (Wildman–Crippen LogP) is 25.6. The Morgan fingerprint density at radius 1 is 0.272 bits per heavy atom. The van der Waals surface area contributed by atoms with Crippen molar-refractivity contribution in [1.29, 1.82) is 0 Å². The molecule has 6 aliphatic rings. The van der Waals surface area contributed by atoms with E-state index in [1.807, 2.05) is 0 Å². The predicted molar refractivity (Wildman–Crippen MR) is 358 cm³/mol. The standard InChI is InChI=1S/C24H38.C22H34.C18H22.C17H32/c1-3-5-19-7-11-21(12-8-19)23-15-17-24(18-16-23)22-13-9-20(6-4-2)10-14-22;1-3-4-18-7-11-20(12-8-18)22-15-13-21(14-16-22)19-9-5-17(2)6-10-19;1-3-4-5-6-16-9-13-18(14-10-16)17-11-7-15(2)8-12-17;1-3-5-15-8-12-17(13-9-15)16-10-6-14(4-2)7-11-16/h7-8,11-12,20,22-24H,3-6,9-10,13-18H2,1-2H3;5-6,9-10,18,20-22H,3-4,7-8,11-16H2,1-2H3;7-14H,3-6H2,1-2H3;14-17H,3-13H2,1-2H3. The van der Waals surface area contributed by atoms with E-state index in [4.69, 9.17) is 0 Å². The molecule has 0 amide bonds. The van der Waals surface area contributed by atoms with Gasteiger partial charge in [-0.1, -0.05) is 265 Å². The second kappa shape index (κ2) is 36.7. The SMILES string of the molecule is CCCC1CCC(C2CCC(CC)CC2)CC1.CCCC1CCC(C2CCC(c3ccc(C)cc3)CC2)CC1.CCCCCc1ccc(-c2ccc(C)cc2)cc1.CCCc1ccc(C2CCC(C3CCC(CCC)CC3)CC2)cc1. The third kappa shape index (κ3) is 22.0. The van der Waals surface area contributed by atoms with E-state index in [9.17, 15) is 0 Å². The molecule has 0 aromatic heterocycles. The second-order valence-corrected chi connectivity index (χ2v) is 28.5. The Labute approximate surface area is 502 Å². The van der Waals surface area contributed by atoms with Crippen LogP contribution in [0.1, 0.15) is 311 Å². The van der Waals surface area contributed by atoms with Crippen molar-refractivity contribution in [3.8, 4) is 11.1 Å². The first-order valence-corrected chi connectivity index (χ1v) is 36.0. The molecule has 0 aliphatic heterocycles. The summed E-state index contributed by atoms with van der Waals surface area (Å²) in [6.45, 7) is 18.3. The molecule has 6 saturated carbocycles. The maximum Gasteiger partial charge on any atom is -0.0162 e. The summed E-state index contributed by atoms with van der Waals surface area (Å²) >= 11 is 0. The monoisotopic (exact) mass is 1100 g/mol. The lowest BCUT2D eigenvalue weighted by atomic mass is 9.68. The highest BCUT2D eigenvalue weighted by molar-refractivity contribution is 5.63. The Morgan fingerprint density at radius 3 is 0.901 bits per heavy atom. The number of rotatable bonds is 19. The molecule has 10 rings (SSSR count). The summed E-state index contributed by atoms with van der Waals surface area (Å²) in [5.41, 5.74) is 11.5. The molecule has 0 nitrogen and oxygen atoms in total. The van der Waals surface area contributed by atoms with Crippen molar-refractivity contribution < 1.29 is 0 Å². The van der Waals surface area contributed by atoms with Crippen molar-refractivity contribution in [3.05, 3.63) is 130 Å². The molecular weight excluding hydrogens is 973 g/mol. The van der Waals surface area contributed by atoms with Gasteiger partial charge in [0.25, 0.3) is 0 Å². The van der Waals surface area contributed by atoms with Crippen LogP contribution in [0.5, 0.6) is 0 Å². The summed E-state index contributed by atoms with van der Waals surface area (Å²) in [5.74, 6) is 12.4. The zero-order valence-corrected chi connectivity index (χ0v) is 54.3. The van der Waals surface area contributed by atoms with Crippen molar-refractivity contribution in [2.24, 2.45) is 59.2 Å². The molecule has 6 aliphatic carbocycles. The minimum atomic E-state index is 0.841. The van der Waals surface area contributed by atoms with Gasteiger partial charge >= 0.3 is 0 Å². The van der Waals surface area contributed by atoms with Crippen LogP contribution in [0.15, 0.2) is 97.1 Å². The van der Waals surface area contributed by atoms with Crippen LogP contribution < -0.4 is 0 Å². The Hall–Kier alpha value is -3.12. The topological polar surface area (TPSA) is 0 Å². The summed E-state index contributed by atoms with van der Waals surface area (Å²) in [6.07, 6.45) is 54.0. The molecule has 0 spiro atoms. The summed E-state index contributed by atoms with van der Waals surface area (Å²) < 4.78 is 0. The number of hydrogen-bond acceptors (Lipinski definition) is 0. The molecule has 0 heterocycles. The Bertz CT molecular complexity index is 2160. The normalized spacial score (nSPS) is 28.7. The van der Waals surface area contributed by atoms with E-state index in [-0.39, 0.29) is 0 Å². The van der Waals surface area contributed by atoms with Gasteiger partial charge in [0.05, 0.1) is 0 Å². The van der Waals surface area contributed by atoms with Crippen LogP contribution in [-0.4, -0.2) is 0 Å². The Balaban J connectivity index is 0.000000157. The molecule has 0 heteroatoms. The smallest absolute Gasteiger partial charge is 0.0162 e. The number of aryl methyl sites for hydroxylation is 4. The van der Waals surface area contributed by atoms with Gasteiger partial charge in [0.1, 0.15) is 0 Å². The summed E-state index contributed by atoms with van der Waals surface area (Å²) in [7, 11) is 0. The van der Waals surface area contributed by atoms with Crippen molar-refractivity contribution in [2.45, 2.75) is 305 Å². The van der Waals surface area contributed by atoms with Crippen LogP contribution in [0.4, 0.5) is 0 Å². The molecule has 81 heavy (non-hydrogen) atoms. The maximum absolute atomic E-state index is 2.42. The van der Waals surface area contributed by atoms with Crippen LogP contribution in [0.2, 0.25) is 0 Å². The van der Waals surface area contributed by atoms with E-state index < -0.39 is 0 Å². The van der Waals surface area contributed by atoms with Gasteiger partial charge in [0, 0.05) is 0 Å². The number of hydrogen-bond donors (Lipinski definition) is 0. The van der Waals surface area contributed by atoms with Gasteiger partial charge in [0.15, 0.2) is 0 Å². The molecule has 0 radical (unpaired) electrons. The average Bonchev–Trinajstić information content (AvgIpc) is 3.55. The fourth-order valence-corrected chi connectivity index (χ4v) is 17.3. The fourth-order valence-electron chi connectivity index (χ4n) is 17.3. The largest absolute Gasteiger partial charge is 0.0654 e. The molecule has 0 bridgehead atoms. The summed E-state index contributed by atoms with van der Waals surface area (Å²) in [6, 6.07) is 36.7. The minimum absolute atomic E-state index is 0.841. The first kappa shape index (κ1) is 65.4. The lowest BCUT2D eigenvalue weighted by Crippen LogP contribution is -2.25. The van der Waals surface area contributed by atoms with Gasteiger partial charge in [-0.25, -0.2) is 0 Å². The number of unbranched alkanes of at least 4 members (excludes halogenated alkanes) is 2. The van der Waals surface area contributed by atoms with Crippen molar-refractivity contribution in [2.75, 3.05) is 0 Å². The second-order valence-electron chi connectivity index (χ2n) is 28.5. The quantitative estimate of drug-likeness (QED) is 0.0821. The molecule has 4 aromatic carbocycles. The van der Waals surface area contributed by atoms with Crippen LogP contribution in [0, 0.1) is 73.0 Å². The molecule has 6 fully saturated rings. The Morgan fingerprint density at radius 2 is 0.568 bits per heavy atom. The van der Waals surface area contributed by atoms with Crippen LogP contribution >= 0.6 is 0 Å². The molecule has 0 saturated heterocycles. The van der Waals surface area contributed by atoms with E-state index in [1.54, 1.807) is 49.7 Å². The van der Waals surface area contributed by atoms with Crippen LogP contribution in [0.3, 0.4) is 0 Å². The van der Waals surface area contributed by atoms with Gasteiger partial charge in [-0.15, -0.1) is 0 Å². The van der Waals surface area contributed by atoms with Crippen LogP contribution in [0.25, 0.3) is 11.1 Å². The summed E-state index contributed by atoms with van der Waals surface area (Å²) in [5, 5.41) is 0. The van der Waals surface area contributed by atoms with E-state index in [0.717, 1.165) is 71.0 Å². The zero-order valence-electron chi connectivity index (χ0n) is 54.3. The summed E-state index contributed by atoms with van der Waals surface area (Å²) in [4.78, 5) is 0. The lowest BCUT2D eigenvalue weighted by Gasteiger charge is -2.38. The minimum Gasteiger partial charge on any atom is -0.0654 e. The van der Waals surface area contributed by atoms with Crippen molar-refractivity contribution in [1.82, 2.24) is 0 Å². The van der Waals surface area contributed by atoms with Crippen molar-refractivity contribution >= 4 is 0 Å². The highest BCUT2D eigenvalue weighted by atomic mass is 14.4. The van der Waals surface area contributed by atoms with Gasteiger partial charge in [0.2, 0.25) is 0 Å². The Kier molecular flexibility index (Phi) is 29.6. The molecular formula is C81H126. The van der Waals surface area contributed by atoms with Gasteiger partial charge in [-0.3, -0.25) is 0 Å². The van der Waals surface area contributed by atoms with E-state index in [1.165, 1.54) is 232 Å². The average molecular weight is 1100 g/mol. The third-order valence-electron chi connectivity index (χ3n) is 22.7. The highest BCUT2D eigenvalue weighted by Crippen LogP contribution is 2.47. The molecule has 450 valence electrons. The van der Waals surface area contributed by atoms with Crippen molar-refractivity contribution in [3.63, 3.8) is 0 Å². The molecule has 4 aromatic rings. The first-order chi connectivity index (χ1) is 39.7. The highest BCUT2D eigenvalue weighted by Gasteiger charge is 2.33. The molecule has 0 atom stereocenters. The number of benzene rings is 4. The van der Waals surface area contributed by atoms with Gasteiger partial charge in [-0.05, 0) is 240 Å². The van der Waals surface area contributed by atoms with E-state index in [2.05, 4.69) is 152 Å². The maximum atomic E-state index is 2.42. The zero-order chi connectivity index (χ0) is 57.0. The molecule has 0 N–H and O–H groups in total. The van der Waals surface area contributed by atoms with Gasteiger partial charge in [-0.2, -0.15) is 0 Å². The third-order valence-corrected chi connectivity index (χ3v) is 22.7. The fraction of sp³-hybridized carbons (Fsp3) is 0.704. The molecule has 0 unspecified atom stereocenters. The van der Waals surface area contributed by atoms with E-state index >= 15 is 0 Å². The van der Waals surface area contributed by atoms with E-state index in [0.29, 0.717) is 0 Å².